The van der Waals surface area contributed by atoms with Gasteiger partial charge in [0.1, 0.15) is 17.2 Å². The molecule has 0 atom stereocenters. The van der Waals surface area contributed by atoms with Crippen molar-refractivity contribution < 1.29 is 9.84 Å². The van der Waals surface area contributed by atoms with Gasteiger partial charge in [-0.05, 0) is 35.0 Å². The molecule has 22 heavy (non-hydrogen) atoms. The molecule has 110 valence electrons. The van der Waals surface area contributed by atoms with Crippen molar-refractivity contribution >= 4 is 38.6 Å². The zero-order valence-corrected chi connectivity index (χ0v) is 13.5. The number of ether oxygens (including phenoxy) is 1. The first-order valence-electron chi connectivity index (χ1n) is 6.77. The van der Waals surface area contributed by atoms with E-state index in [9.17, 15) is 5.11 Å². The Morgan fingerprint density at radius 3 is 2.73 bits per heavy atom. The lowest BCUT2D eigenvalue weighted by atomic mass is 10.0. The smallest absolute Gasteiger partial charge is 0.145 e. The van der Waals surface area contributed by atoms with Crippen molar-refractivity contribution in [3.63, 3.8) is 0 Å². The third-order valence-corrected chi connectivity index (χ3v) is 3.92. The molecule has 0 aliphatic heterocycles. The summed E-state index contributed by atoms with van der Waals surface area (Å²) in [5, 5.41) is 12.1. The molecule has 3 aromatic carbocycles. The Hall–Kier alpha value is -2.33. The van der Waals surface area contributed by atoms with E-state index in [0.717, 1.165) is 15.2 Å². The second-order valence-corrected chi connectivity index (χ2v) is 5.71. The van der Waals surface area contributed by atoms with E-state index in [1.54, 1.807) is 19.4 Å². The summed E-state index contributed by atoms with van der Waals surface area (Å²) in [5.41, 5.74) is 1.40. The highest BCUT2D eigenvalue weighted by atomic mass is 79.9. The number of benzene rings is 3. The topological polar surface area (TPSA) is 41.8 Å². The van der Waals surface area contributed by atoms with Crippen LogP contribution in [-0.2, 0) is 0 Å². The molecule has 1 N–H and O–H groups in total. The summed E-state index contributed by atoms with van der Waals surface area (Å²) < 4.78 is 6.25. The zero-order valence-electron chi connectivity index (χ0n) is 12.0. The summed E-state index contributed by atoms with van der Waals surface area (Å²) in [4.78, 5) is 4.47. The van der Waals surface area contributed by atoms with Crippen molar-refractivity contribution in [3.8, 4) is 11.5 Å². The maximum absolute atomic E-state index is 10.1. The molecule has 0 saturated carbocycles. The van der Waals surface area contributed by atoms with Crippen molar-refractivity contribution in [3.05, 3.63) is 64.6 Å². The SMILES string of the molecule is COc1cc(Br)ccc1N=Cc1c(O)ccc2ccccc12. The molecule has 3 aromatic rings. The average Bonchev–Trinajstić information content (AvgIpc) is 2.55. The zero-order chi connectivity index (χ0) is 15.5. The molecule has 0 amide bonds. The van der Waals surface area contributed by atoms with Gasteiger partial charge in [-0.25, -0.2) is 0 Å². The lowest BCUT2D eigenvalue weighted by Gasteiger charge is -2.06. The minimum atomic E-state index is 0.207. The van der Waals surface area contributed by atoms with Crippen molar-refractivity contribution in [2.45, 2.75) is 0 Å². The number of fused-ring (bicyclic) bond motifs is 1. The summed E-state index contributed by atoms with van der Waals surface area (Å²) in [5.74, 6) is 0.879. The minimum absolute atomic E-state index is 0.207. The first-order valence-corrected chi connectivity index (χ1v) is 7.56. The predicted molar refractivity (Wildman–Crippen MR) is 93.6 cm³/mol. The van der Waals surface area contributed by atoms with Gasteiger partial charge in [-0.1, -0.05) is 46.3 Å². The first-order chi connectivity index (χ1) is 10.7. The molecule has 0 heterocycles. The quantitative estimate of drug-likeness (QED) is 0.666. The summed E-state index contributed by atoms with van der Waals surface area (Å²) in [6.45, 7) is 0. The summed E-state index contributed by atoms with van der Waals surface area (Å²) in [6, 6.07) is 17.1. The van der Waals surface area contributed by atoms with Gasteiger partial charge in [0.15, 0.2) is 0 Å². The highest BCUT2D eigenvalue weighted by Gasteiger charge is 2.06. The molecule has 0 spiro atoms. The fraction of sp³-hybridized carbons (Fsp3) is 0.0556. The summed E-state index contributed by atoms with van der Waals surface area (Å²) in [7, 11) is 1.61. The Morgan fingerprint density at radius 1 is 1.09 bits per heavy atom. The predicted octanol–water partition coefficient (Wildman–Crippen LogP) is 5.07. The van der Waals surface area contributed by atoms with Crippen LogP contribution in [0.5, 0.6) is 11.5 Å². The lowest BCUT2D eigenvalue weighted by molar-refractivity contribution is 0.416. The highest BCUT2D eigenvalue weighted by Crippen LogP contribution is 2.31. The average molecular weight is 356 g/mol. The molecule has 0 fully saturated rings. The standard InChI is InChI=1S/C18H14BrNO2/c1-22-18-10-13(19)7-8-16(18)20-11-15-14-5-3-2-4-12(14)6-9-17(15)21/h2-11,21H,1H3. The fourth-order valence-electron chi connectivity index (χ4n) is 2.31. The third kappa shape index (κ3) is 2.83. The van der Waals surface area contributed by atoms with Crippen LogP contribution in [0.25, 0.3) is 10.8 Å². The number of hydrogen-bond donors (Lipinski definition) is 1. The van der Waals surface area contributed by atoms with Gasteiger partial charge in [-0.15, -0.1) is 0 Å². The van der Waals surface area contributed by atoms with E-state index in [0.29, 0.717) is 17.0 Å². The Morgan fingerprint density at radius 2 is 1.91 bits per heavy atom. The Bertz CT molecular complexity index is 859. The number of methoxy groups -OCH3 is 1. The van der Waals surface area contributed by atoms with Crippen LogP contribution in [-0.4, -0.2) is 18.4 Å². The Kier molecular flexibility index (Phi) is 4.11. The van der Waals surface area contributed by atoms with Crippen LogP contribution in [0.4, 0.5) is 5.69 Å². The van der Waals surface area contributed by atoms with E-state index in [1.807, 2.05) is 48.5 Å². The van der Waals surface area contributed by atoms with E-state index in [-0.39, 0.29) is 5.75 Å². The number of phenolic OH excluding ortho intramolecular Hbond substituents is 1. The molecule has 3 nitrogen and oxygen atoms in total. The molecular formula is C18H14BrNO2. The molecule has 0 radical (unpaired) electrons. The van der Waals surface area contributed by atoms with Gasteiger partial charge in [0.25, 0.3) is 0 Å². The van der Waals surface area contributed by atoms with Crippen LogP contribution in [0.1, 0.15) is 5.56 Å². The Balaban J connectivity index is 2.08. The van der Waals surface area contributed by atoms with Crippen LogP contribution in [0, 0.1) is 0 Å². The van der Waals surface area contributed by atoms with E-state index >= 15 is 0 Å². The molecule has 4 heteroatoms. The second kappa shape index (κ2) is 6.20. The van der Waals surface area contributed by atoms with Crippen LogP contribution >= 0.6 is 15.9 Å². The van der Waals surface area contributed by atoms with E-state index in [2.05, 4.69) is 20.9 Å². The molecule has 0 aromatic heterocycles. The van der Waals surface area contributed by atoms with Crippen molar-refractivity contribution in [2.24, 2.45) is 4.99 Å². The van der Waals surface area contributed by atoms with Gasteiger partial charge in [0.2, 0.25) is 0 Å². The van der Waals surface area contributed by atoms with Gasteiger partial charge in [0, 0.05) is 16.3 Å². The van der Waals surface area contributed by atoms with Crippen LogP contribution in [0.2, 0.25) is 0 Å². The Labute approximate surface area is 137 Å². The second-order valence-electron chi connectivity index (χ2n) is 4.79. The van der Waals surface area contributed by atoms with Crippen LogP contribution < -0.4 is 4.74 Å². The lowest BCUT2D eigenvalue weighted by Crippen LogP contribution is -1.87. The maximum atomic E-state index is 10.1. The number of nitrogens with zero attached hydrogens (tertiary/aromatic N) is 1. The molecule has 0 bridgehead atoms. The van der Waals surface area contributed by atoms with Crippen LogP contribution in [0.15, 0.2) is 64.1 Å². The molecular weight excluding hydrogens is 342 g/mol. The largest absolute Gasteiger partial charge is 0.507 e. The number of rotatable bonds is 3. The maximum Gasteiger partial charge on any atom is 0.145 e. The normalized spacial score (nSPS) is 11.2. The van der Waals surface area contributed by atoms with Gasteiger partial charge in [-0.2, -0.15) is 0 Å². The summed E-state index contributed by atoms with van der Waals surface area (Å²) >= 11 is 3.41. The third-order valence-electron chi connectivity index (χ3n) is 3.42. The van der Waals surface area contributed by atoms with Crippen LogP contribution in [0.3, 0.4) is 0 Å². The van der Waals surface area contributed by atoms with E-state index in [4.69, 9.17) is 4.74 Å². The highest BCUT2D eigenvalue weighted by molar-refractivity contribution is 9.10. The van der Waals surface area contributed by atoms with Gasteiger partial charge >= 0.3 is 0 Å². The molecule has 0 saturated heterocycles. The minimum Gasteiger partial charge on any atom is -0.507 e. The number of aliphatic imine (C=N–C) groups is 1. The number of hydrogen-bond acceptors (Lipinski definition) is 3. The number of phenols is 1. The van der Waals surface area contributed by atoms with E-state index in [1.165, 1.54) is 0 Å². The summed E-state index contributed by atoms with van der Waals surface area (Å²) in [6.07, 6.45) is 1.67. The van der Waals surface area contributed by atoms with Crippen molar-refractivity contribution in [1.82, 2.24) is 0 Å². The number of halogens is 1. The monoisotopic (exact) mass is 355 g/mol. The van der Waals surface area contributed by atoms with Crippen molar-refractivity contribution in [1.29, 1.82) is 0 Å². The first kappa shape index (κ1) is 14.6. The van der Waals surface area contributed by atoms with E-state index < -0.39 is 0 Å². The van der Waals surface area contributed by atoms with Crippen molar-refractivity contribution in [2.75, 3.05) is 7.11 Å². The fourth-order valence-corrected chi connectivity index (χ4v) is 2.65. The van der Waals surface area contributed by atoms with Gasteiger partial charge in [-0.3, -0.25) is 4.99 Å². The number of aromatic hydroxyl groups is 1. The molecule has 0 aliphatic carbocycles. The molecule has 0 aliphatic rings. The van der Waals surface area contributed by atoms with Gasteiger partial charge < -0.3 is 9.84 Å². The molecule has 0 unspecified atom stereocenters. The molecule has 3 rings (SSSR count). The van der Waals surface area contributed by atoms with Gasteiger partial charge in [0.05, 0.1) is 7.11 Å².